The van der Waals surface area contributed by atoms with E-state index in [0.29, 0.717) is 37.8 Å². The molecule has 2 amide bonds. The van der Waals surface area contributed by atoms with Gasteiger partial charge < -0.3 is 14.2 Å². The first-order chi connectivity index (χ1) is 13.1. The van der Waals surface area contributed by atoms with E-state index in [9.17, 15) is 9.59 Å². The van der Waals surface area contributed by atoms with Gasteiger partial charge in [0.1, 0.15) is 11.5 Å². The van der Waals surface area contributed by atoms with E-state index in [1.807, 2.05) is 0 Å². The van der Waals surface area contributed by atoms with E-state index in [0.717, 1.165) is 12.0 Å². The van der Waals surface area contributed by atoms with E-state index in [2.05, 4.69) is 6.58 Å². The summed E-state index contributed by atoms with van der Waals surface area (Å²) in [5.41, 5.74) is 0.722. The first-order valence-electron chi connectivity index (χ1n) is 8.81. The molecule has 1 aliphatic heterocycles. The maximum absolute atomic E-state index is 12.6. The molecule has 2 rings (SSSR count). The number of nitrogens with zero attached hydrogens (tertiary/aromatic N) is 2. The van der Waals surface area contributed by atoms with Crippen LogP contribution < -0.4 is 9.47 Å². The summed E-state index contributed by atoms with van der Waals surface area (Å²) in [5.74, 6) is 0.920. The van der Waals surface area contributed by atoms with Gasteiger partial charge in [-0.05, 0) is 30.7 Å². The van der Waals surface area contributed by atoms with Crippen LogP contribution in [0.15, 0.2) is 36.9 Å². The minimum atomic E-state index is -0.252. The lowest BCUT2D eigenvalue weighted by atomic mass is 10.1. The van der Waals surface area contributed by atoms with E-state index in [-0.39, 0.29) is 18.2 Å². The topological polar surface area (TPSA) is 68.3 Å². The van der Waals surface area contributed by atoms with Crippen molar-refractivity contribution in [2.24, 2.45) is 0 Å². The Hall–Kier alpha value is -2.80. The Balaban J connectivity index is 2.02. The summed E-state index contributed by atoms with van der Waals surface area (Å²) in [5, 5.41) is 2.96. The second-order valence-electron chi connectivity index (χ2n) is 5.89. The SMILES string of the molecule is C=CCOCCC(=O)N1CCCN1C(=O)C=Cc1cc(OC)ccc1OC. The van der Waals surface area contributed by atoms with Crippen LogP contribution in [-0.2, 0) is 14.3 Å². The minimum Gasteiger partial charge on any atom is -0.497 e. The minimum absolute atomic E-state index is 0.128. The quantitative estimate of drug-likeness (QED) is 0.377. The lowest BCUT2D eigenvalue weighted by Crippen LogP contribution is -2.44. The number of hydrazine groups is 1. The van der Waals surface area contributed by atoms with Crippen molar-refractivity contribution in [1.29, 1.82) is 0 Å². The summed E-state index contributed by atoms with van der Waals surface area (Å²) in [6.45, 7) is 5.31. The van der Waals surface area contributed by atoms with Gasteiger partial charge in [0.2, 0.25) is 5.91 Å². The van der Waals surface area contributed by atoms with Crippen molar-refractivity contribution in [1.82, 2.24) is 10.0 Å². The van der Waals surface area contributed by atoms with Crippen molar-refractivity contribution in [3.63, 3.8) is 0 Å². The maximum Gasteiger partial charge on any atom is 0.265 e. The Morgan fingerprint density at radius 2 is 1.96 bits per heavy atom. The summed E-state index contributed by atoms with van der Waals surface area (Å²) in [6.07, 6.45) is 5.72. The van der Waals surface area contributed by atoms with Crippen LogP contribution in [0.3, 0.4) is 0 Å². The fourth-order valence-electron chi connectivity index (χ4n) is 2.77. The Morgan fingerprint density at radius 1 is 1.19 bits per heavy atom. The average Bonchev–Trinajstić information content (AvgIpc) is 3.19. The van der Waals surface area contributed by atoms with Gasteiger partial charge in [-0.1, -0.05) is 6.08 Å². The molecule has 0 unspecified atom stereocenters. The molecule has 7 heteroatoms. The fraction of sp³-hybridized carbons (Fsp3) is 0.400. The molecule has 1 saturated heterocycles. The molecular weight excluding hydrogens is 348 g/mol. The number of methoxy groups -OCH3 is 2. The third kappa shape index (κ3) is 5.59. The van der Waals surface area contributed by atoms with Gasteiger partial charge in [0.15, 0.2) is 0 Å². The third-order valence-corrected chi connectivity index (χ3v) is 4.11. The Labute approximate surface area is 159 Å². The number of ether oxygens (including phenoxy) is 3. The first-order valence-corrected chi connectivity index (χ1v) is 8.81. The van der Waals surface area contributed by atoms with Crippen LogP contribution in [0.25, 0.3) is 6.08 Å². The van der Waals surface area contributed by atoms with Crippen molar-refractivity contribution < 1.29 is 23.8 Å². The highest BCUT2D eigenvalue weighted by Gasteiger charge is 2.29. The highest BCUT2D eigenvalue weighted by molar-refractivity contribution is 5.93. The summed E-state index contributed by atoms with van der Waals surface area (Å²) < 4.78 is 15.8. The van der Waals surface area contributed by atoms with Crippen LogP contribution in [0, 0.1) is 0 Å². The molecule has 1 aromatic rings. The van der Waals surface area contributed by atoms with Gasteiger partial charge in [-0.3, -0.25) is 14.6 Å². The van der Waals surface area contributed by atoms with Crippen LogP contribution in [0.4, 0.5) is 0 Å². The molecule has 27 heavy (non-hydrogen) atoms. The maximum atomic E-state index is 12.6. The number of rotatable bonds is 9. The van der Waals surface area contributed by atoms with Crippen LogP contribution in [0.2, 0.25) is 0 Å². The zero-order chi connectivity index (χ0) is 19.6. The van der Waals surface area contributed by atoms with Crippen molar-refractivity contribution in [2.45, 2.75) is 12.8 Å². The largest absolute Gasteiger partial charge is 0.497 e. The molecule has 0 N–H and O–H groups in total. The Morgan fingerprint density at radius 3 is 2.67 bits per heavy atom. The second-order valence-corrected chi connectivity index (χ2v) is 5.89. The summed E-state index contributed by atoms with van der Waals surface area (Å²) in [7, 11) is 3.14. The van der Waals surface area contributed by atoms with Gasteiger partial charge in [0.05, 0.1) is 33.9 Å². The van der Waals surface area contributed by atoms with Crippen molar-refractivity contribution in [3.05, 3.63) is 42.5 Å². The molecule has 1 fully saturated rings. The highest BCUT2D eigenvalue weighted by Crippen LogP contribution is 2.25. The number of carbonyl (C=O) groups excluding carboxylic acids is 2. The summed E-state index contributed by atoms with van der Waals surface area (Å²) >= 11 is 0. The monoisotopic (exact) mass is 374 g/mol. The molecule has 0 aromatic heterocycles. The molecule has 1 heterocycles. The molecule has 0 saturated carbocycles. The van der Waals surface area contributed by atoms with E-state index in [4.69, 9.17) is 14.2 Å². The smallest absolute Gasteiger partial charge is 0.265 e. The van der Waals surface area contributed by atoms with E-state index in [1.165, 1.54) is 16.1 Å². The Bertz CT molecular complexity index is 702. The third-order valence-electron chi connectivity index (χ3n) is 4.11. The van der Waals surface area contributed by atoms with Gasteiger partial charge in [-0.15, -0.1) is 6.58 Å². The van der Waals surface area contributed by atoms with E-state index >= 15 is 0 Å². The lowest BCUT2D eigenvalue weighted by Gasteiger charge is -2.27. The standard InChI is InChI=1S/C20H26N2O5/c1-4-13-27-14-10-20(24)22-12-5-11-21(22)19(23)9-6-16-15-17(25-2)7-8-18(16)26-3/h4,6-9,15H,1,5,10-14H2,2-3H3. The molecule has 0 spiro atoms. The first kappa shape index (κ1) is 20.5. The van der Waals surface area contributed by atoms with Crippen LogP contribution in [0.1, 0.15) is 18.4 Å². The van der Waals surface area contributed by atoms with Gasteiger partial charge in [0.25, 0.3) is 5.91 Å². The number of hydrogen-bond donors (Lipinski definition) is 0. The predicted octanol–water partition coefficient (Wildman–Crippen LogP) is 2.29. The number of carbonyl (C=O) groups is 2. The van der Waals surface area contributed by atoms with Crippen LogP contribution >= 0.6 is 0 Å². The zero-order valence-corrected chi connectivity index (χ0v) is 15.8. The summed E-state index contributed by atoms with van der Waals surface area (Å²) in [6, 6.07) is 5.34. The fourth-order valence-corrected chi connectivity index (χ4v) is 2.77. The number of hydrogen-bond acceptors (Lipinski definition) is 5. The van der Waals surface area contributed by atoms with Crippen molar-refractivity contribution >= 4 is 17.9 Å². The average molecular weight is 374 g/mol. The molecule has 0 radical (unpaired) electrons. The van der Waals surface area contributed by atoms with Crippen LogP contribution in [-0.4, -0.2) is 62.4 Å². The molecule has 1 aliphatic rings. The zero-order valence-electron chi connectivity index (χ0n) is 15.8. The highest BCUT2D eigenvalue weighted by atomic mass is 16.5. The summed E-state index contributed by atoms with van der Waals surface area (Å²) in [4.78, 5) is 24.9. The second kappa shape index (κ2) is 10.4. The van der Waals surface area contributed by atoms with Crippen molar-refractivity contribution in [2.75, 3.05) is 40.5 Å². The van der Waals surface area contributed by atoms with Gasteiger partial charge >= 0.3 is 0 Å². The van der Waals surface area contributed by atoms with Gasteiger partial charge in [-0.25, -0.2) is 5.01 Å². The van der Waals surface area contributed by atoms with Gasteiger partial charge in [-0.2, -0.15) is 0 Å². The predicted molar refractivity (Wildman–Crippen MR) is 102 cm³/mol. The molecule has 0 aliphatic carbocycles. The molecule has 0 atom stereocenters. The Kier molecular flexibility index (Phi) is 7.88. The van der Waals surface area contributed by atoms with E-state index < -0.39 is 0 Å². The van der Waals surface area contributed by atoms with Gasteiger partial charge in [0, 0.05) is 24.7 Å². The van der Waals surface area contributed by atoms with E-state index in [1.54, 1.807) is 44.6 Å². The lowest BCUT2D eigenvalue weighted by molar-refractivity contribution is -0.155. The number of amides is 2. The molecule has 7 nitrogen and oxygen atoms in total. The number of benzene rings is 1. The molecular formula is C20H26N2O5. The normalized spacial score (nSPS) is 13.9. The molecule has 146 valence electrons. The van der Waals surface area contributed by atoms with Crippen LogP contribution in [0.5, 0.6) is 11.5 Å². The molecule has 1 aromatic carbocycles. The van der Waals surface area contributed by atoms with Crippen molar-refractivity contribution in [3.8, 4) is 11.5 Å². The molecule has 0 bridgehead atoms.